The van der Waals surface area contributed by atoms with Gasteiger partial charge in [-0.15, -0.1) is 10.2 Å². The number of aryl methyl sites for hydroxylation is 1. The van der Waals surface area contributed by atoms with Crippen LogP contribution < -0.4 is 10.2 Å². The van der Waals surface area contributed by atoms with E-state index in [1.165, 1.54) is 0 Å². The predicted molar refractivity (Wildman–Crippen MR) is 112 cm³/mol. The molecule has 0 bridgehead atoms. The minimum Gasteiger partial charge on any atom is -0.506 e. The lowest BCUT2D eigenvalue weighted by Gasteiger charge is -2.38. The number of phenolic OH excluding ortho intramolecular Hbond substituents is 1. The van der Waals surface area contributed by atoms with Gasteiger partial charge in [0.25, 0.3) is 0 Å². The molecule has 1 aliphatic rings. The standard InChI is InChI=1S/C20H31N7O/c1-4-5-10-21-20(22-15-19-24-23-16(2)25(19)3)27-13-11-26(12-14-27)17-8-6-7-9-18(17)28/h6-9,28H,4-5,10-15H2,1-3H3,(H,21,22). The maximum atomic E-state index is 10.1. The molecule has 1 aromatic carbocycles. The number of hydrogen-bond acceptors (Lipinski definition) is 5. The number of unbranched alkanes of at least 4 members (excludes halogenated alkanes) is 1. The van der Waals surface area contributed by atoms with Gasteiger partial charge in [-0.3, -0.25) is 0 Å². The summed E-state index contributed by atoms with van der Waals surface area (Å²) in [6.07, 6.45) is 2.25. The zero-order valence-electron chi connectivity index (χ0n) is 17.1. The molecule has 8 heteroatoms. The van der Waals surface area contributed by atoms with E-state index in [-0.39, 0.29) is 0 Å². The van der Waals surface area contributed by atoms with Crippen molar-refractivity contribution in [2.45, 2.75) is 33.2 Å². The Hall–Kier alpha value is -2.77. The number of phenols is 1. The maximum absolute atomic E-state index is 10.1. The van der Waals surface area contributed by atoms with Gasteiger partial charge in [-0.1, -0.05) is 25.5 Å². The number of para-hydroxylation sites is 2. The van der Waals surface area contributed by atoms with Gasteiger partial charge in [-0.2, -0.15) is 0 Å². The van der Waals surface area contributed by atoms with Gasteiger partial charge < -0.3 is 24.8 Å². The Morgan fingerprint density at radius 2 is 1.93 bits per heavy atom. The molecule has 0 amide bonds. The molecular formula is C20H31N7O. The number of hydrogen-bond donors (Lipinski definition) is 2. The monoisotopic (exact) mass is 385 g/mol. The lowest BCUT2D eigenvalue weighted by Crippen LogP contribution is -2.52. The Balaban J connectivity index is 1.66. The zero-order valence-corrected chi connectivity index (χ0v) is 17.1. The van der Waals surface area contributed by atoms with Crippen LogP contribution in [0.4, 0.5) is 5.69 Å². The van der Waals surface area contributed by atoms with Crippen LogP contribution in [0, 0.1) is 6.92 Å². The first-order valence-electron chi connectivity index (χ1n) is 10.0. The summed E-state index contributed by atoms with van der Waals surface area (Å²) in [6, 6.07) is 7.52. The number of benzene rings is 1. The number of anilines is 1. The van der Waals surface area contributed by atoms with Gasteiger partial charge in [0.1, 0.15) is 18.1 Å². The van der Waals surface area contributed by atoms with Crippen LogP contribution in [-0.2, 0) is 13.6 Å². The number of aromatic hydroxyl groups is 1. The number of piperazine rings is 1. The maximum Gasteiger partial charge on any atom is 0.194 e. The van der Waals surface area contributed by atoms with Crippen LogP contribution in [0.5, 0.6) is 5.75 Å². The van der Waals surface area contributed by atoms with E-state index in [0.29, 0.717) is 12.3 Å². The van der Waals surface area contributed by atoms with Crippen LogP contribution >= 0.6 is 0 Å². The normalized spacial score (nSPS) is 15.2. The molecule has 0 spiro atoms. The fraction of sp³-hybridized carbons (Fsp3) is 0.550. The summed E-state index contributed by atoms with van der Waals surface area (Å²) in [7, 11) is 1.97. The van der Waals surface area contributed by atoms with Crippen LogP contribution in [0.2, 0.25) is 0 Å². The Morgan fingerprint density at radius 3 is 2.57 bits per heavy atom. The van der Waals surface area contributed by atoms with Crippen molar-refractivity contribution in [2.24, 2.45) is 12.0 Å². The Labute approximate surface area is 166 Å². The summed E-state index contributed by atoms with van der Waals surface area (Å²) < 4.78 is 1.98. The van der Waals surface area contributed by atoms with Crippen molar-refractivity contribution < 1.29 is 5.11 Å². The van der Waals surface area contributed by atoms with E-state index >= 15 is 0 Å². The van der Waals surface area contributed by atoms with Gasteiger partial charge in [-0.05, 0) is 25.5 Å². The molecule has 1 aromatic heterocycles. The molecule has 2 aromatic rings. The molecule has 1 fully saturated rings. The van der Waals surface area contributed by atoms with Crippen molar-refractivity contribution in [3.63, 3.8) is 0 Å². The van der Waals surface area contributed by atoms with Gasteiger partial charge >= 0.3 is 0 Å². The minimum absolute atomic E-state index is 0.337. The van der Waals surface area contributed by atoms with Gasteiger partial charge in [0, 0.05) is 39.8 Å². The van der Waals surface area contributed by atoms with Crippen molar-refractivity contribution in [2.75, 3.05) is 37.6 Å². The van der Waals surface area contributed by atoms with Crippen LogP contribution in [0.1, 0.15) is 31.4 Å². The minimum atomic E-state index is 0.337. The highest BCUT2D eigenvalue weighted by molar-refractivity contribution is 5.80. The number of nitrogens with one attached hydrogen (secondary N) is 1. The van der Waals surface area contributed by atoms with Gasteiger partial charge in [0.2, 0.25) is 0 Å². The Kier molecular flexibility index (Phi) is 6.73. The third-order valence-electron chi connectivity index (χ3n) is 5.17. The van der Waals surface area contributed by atoms with E-state index < -0.39 is 0 Å². The summed E-state index contributed by atoms with van der Waals surface area (Å²) in [4.78, 5) is 9.33. The number of rotatable bonds is 6. The smallest absolute Gasteiger partial charge is 0.194 e. The van der Waals surface area contributed by atoms with Gasteiger partial charge in [0.05, 0.1) is 5.69 Å². The fourth-order valence-corrected chi connectivity index (χ4v) is 3.27. The van der Waals surface area contributed by atoms with E-state index in [2.05, 4.69) is 32.2 Å². The number of guanidine groups is 1. The number of aromatic nitrogens is 3. The van der Waals surface area contributed by atoms with Gasteiger partial charge in [0.15, 0.2) is 11.8 Å². The second-order valence-corrected chi connectivity index (χ2v) is 7.11. The molecule has 8 nitrogen and oxygen atoms in total. The molecule has 1 saturated heterocycles. The van der Waals surface area contributed by atoms with Crippen LogP contribution in [-0.4, -0.2) is 63.5 Å². The molecule has 0 unspecified atom stereocenters. The van der Waals surface area contributed by atoms with Crippen LogP contribution in [0.15, 0.2) is 29.3 Å². The molecule has 3 rings (SSSR count). The fourth-order valence-electron chi connectivity index (χ4n) is 3.27. The summed E-state index contributed by atoms with van der Waals surface area (Å²) in [6.45, 7) is 8.93. The third kappa shape index (κ3) is 4.74. The Morgan fingerprint density at radius 1 is 1.18 bits per heavy atom. The predicted octanol–water partition coefficient (Wildman–Crippen LogP) is 1.90. The summed E-state index contributed by atoms with van der Waals surface area (Å²) in [5.41, 5.74) is 0.897. The molecule has 0 aliphatic carbocycles. The molecule has 1 aliphatic heterocycles. The number of aliphatic imine (C=N–C) groups is 1. The second kappa shape index (κ2) is 9.43. The average molecular weight is 386 g/mol. The van der Waals surface area contributed by atoms with Crippen LogP contribution in [0.3, 0.4) is 0 Å². The molecule has 28 heavy (non-hydrogen) atoms. The second-order valence-electron chi connectivity index (χ2n) is 7.11. The van der Waals surface area contributed by atoms with E-state index in [4.69, 9.17) is 4.99 Å². The van der Waals surface area contributed by atoms with E-state index in [0.717, 1.165) is 68.9 Å². The molecule has 2 heterocycles. The van der Waals surface area contributed by atoms with Crippen molar-refractivity contribution in [1.82, 2.24) is 25.0 Å². The lowest BCUT2D eigenvalue weighted by atomic mass is 10.2. The summed E-state index contributed by atoms with van der Waals surface area (Å²) in [5.74, 6) is 3.01. The first-order chi connectivity index (χ1) is 13.6. The Bertz CT molecular complexity index is 794. The number of nitrogens with zero attached hydrogens (tertiary/aromatic N) is 6. The first-order valence-corrected chi connectivity index (χ1v) is 10.0. The van der Waals surface area contributed by atoms with Crippen LogP contribution in [0.25, 0.3) is 0 Å². The molecule has 2 N–H and O–H groups in total. The van der Waals surface area contributed by atoms with E-state index in [1.54, 1.807) is 6.07 Å². The van der Waals surface area contributed by atoms with Crippen molar-refractivity contribution in [3.05, 3.63) is 35.9 Å². The summed E-state index contributed by atoms with van der Waals surface area (Å²) >= 11 is 0. The highest BCUT2D eigenvalue weighted by Crippen LogP contribution is 2.27. The largest absolute Gasteiger partial charge is 0.506 e. The highest BCUT2D eigenvalue weighted by Gasteiger charge is 2.21. The van der Waals surface area contributed by atoms with Crippen molar-refractivity contribution in [3.8, 4) is 5.75 Å². The quantitative estimate of drug-likeness (QED) is 0.449. The van der Waals surface area contributed by atoms with E-state index in [1.807, 2.05) is 36.7 Å². The molecule has 0 atom stereocenters. The highest BCUT2D eigenvalue weighted by atomic mass is 16.3. The summed E-state index contributed by atoms with van der Waals surface area (Å²) in [5, 5.41) is 21.9. The third-order valence-corrected chi connectivity index (χ3v) is 5.17. The van der Waals surface area contributed by atoms with Crippen molar-refractivity contribution in [1.29, 1.82) is 0 Å². The zero-order chi connectivity index (χ0) is 19.9. The molecule has 152 valence electrons. The van der Waals surface area contributed by atoms with Gasteiger partial charge in [-0.25, -0.2) is 4.99 Å². The van der Waals surface area contributed by atoms with E-state index in [9.17, 15) is 5.11 Å². The first kappa shape index (κ1) is 20.0. The SMILES string of the molecule is CCCCNC(=NCc1nnc(C)n1C)N1CCN(c2ccccc2O)CC1. The molecular weight excluding hydrogens is 354 g/mol. The topological polar surface area (TPSA) is 81.8 Å². The molecule has 0 saturated carbocycles. The lowest BCUT2D eigenvalue weighted by molar-refractivity contribution is 0.368. The van der Waals surface area contributed by atoms with Crippen molar-refractivity contribution >= 4 is 11.6 Å². The molecule has 0 radical (unpaired) electrons. The average Bonchev–Trinajstić information content (AvgIpc) is 3.03.